The molecule has 3 N–H and O–H groups in total. The Morgan fingerprint density at radius 2 is 2.30 bits per heavy atom. The van der Waals surface area contributed by atoms with Crippen molar-refractivity contribution in [3.05, 3.63) is 28.8 Å². The number of amides is 2. The fraction of sp³-hybridized carbons (Fsp3) is 0.500. The normalized spacial score (nSPS) is 18.3. The second-order valence-corrected chi connectivity index (χ2v) is 5.94. The summed E-state index contributed by atoms with van der Waals surface area (Å²) >= 11 is 6.19. The number of hydrogen-bond donors (Lipinski definition) is 2. The highest BCUT2D eigenvalue weighted by molar-refractivity contribution is 6.32. The molecule has 1 saturated heterocycles. The van der Waals surface area contributed by atoms with E-state index in [1.54, 1.807) is 23.1 Å². The van der Waals surface area contributed by atoms with Gasteiger partial charge in [0, 0.05) is 31.1 Å². The summed E-state index contributed by atoms with van der Waals surface area (Å²) in [6, 6.07) is 4.93. The van der Waals surface area contributed by atoms with Gasteiger partial charge >= 0.3 is 0 Å². The zero-order valence-electron chi connectivity index (χ0n) is 13.2. The van der Waals surface area contributed by atoms with Gasteiger partial charge in [-0.3, -0.25) is 9.59 Å². The van der Waals surface area contributed by atoms with Gasteiger partial charge < -0.3 is 20.7 Å². The molecule has 126 valence electrons. The lowest BCUT2D eigenvalue weighted by Crippen LogP contribution is -2.41. The molecule has 1 aromatic carbocycles. The fourth-order valence-corrected chi connectivity index (χ4v) is 2.62. The molecule has 0 spiro atoms. The Balaban J connectivity index is 2.09. The average molecular weight is 340 g/mol. The largest absolute Gasteiger partial charge is 0.492 e. The molecule has 0 unspecified atom stereocenters. The number of rotatable bonds is 5. The highest BCUT2D eigenvalue weighted by Gasteiger charge is 2.25. The summed E-state index contributed by atoms with van der Waals surface area (Å²) in [6.07, 6.45) is 1.05. The van der Waals surface area contributed by atoms with E-state index in [1.807, 2.05) is 6.92 Å². The molecule has 1 aliphatic rings. The minimum absolute atomic E-state index is 0.0335. The Bertz CT molecular complexity index is 580. The van der Waals surface area contributed by atoms with Crippen LogP contribution in [0, 0.1) is 0 Å². The van der Waals surface area contributed by atoms with E-state index in [1.165, 1.54) is 0 Å². The topological polar surface area (TPSA) is 84.7 Å². The van der Waals surface area contributed by atoms with Crippen molar-refractivity contribution in [1.29, 1.82) is 0 Å². The van der Waals surface area contributed by atoms with Gasteiger partial charge in [-0.1, -0.05) is 11.6 Å². The quantitative estimate of drug-likeness (QED) is 0.794. The van der Waals surface area contributed by atoms with Crippen LogP contribution < -0.4 is 15.8 Å². The second kappa shape index (κ2) is 8.17. The lowest BCUT2D eigenvalue weighted by atomic mass is 10.1. The predicted molar refractivity (Wildman–Crippen MR) is 88.7 cm³/mol. The lowest BCUT2D eigenvalue weighted by molar-refractivity contribution is -0.120. The van der Waals surface area contributed by atoms with E-state index in [2.05, 4.69) is 5.32 Å². The van der Waals surface area contributed by atoms with Crippen molar-refractivity contribution in [1.82, 2.24) is 10.2 Å². The summed E-state index contributed by atoms with van der Waals surface area (Å²) in [6.45, 7) is 3.81. The molecule has 1 fully saturated rings. The fourth-order valence-electron chi connectivity index (χ4n) is 2.39. The van der Waals surface area contributed by atoms with Crippen molar-refractivity contribution in [3.63, 3.8) is 0 Å². The third-order valence-electron chi connectivity index (χ3n) is 3.75. The Kier molecular flexibility index (Phi) is 6.24. The minimum atomic E-state index is -0.135. The standard InChI is InChI=1S/C16H22ClN3O3/c1-11-10-19-15(21)5-7-20(11)16(22)12-3-4-14(13(17)9-12)23-8-2-6-18/h3-4,9,11H,2,5-8,10,18H2,1H3,(H,19,21)/t11-/m1/s1. The number of nitrogens with two attached hydrogens (primary N) is 1. The van der Waals surface area contributed by atoms with E-state index in [0.29, 0.717) is 49.0 Å². The molecule has 0 bridgehead atoms. The van der Waals surface area contributed by atoms with Gasteiger partial charge in [0.05, 0.1) is 11.6 Å². The molecule has 1 aromatic rings. The Labute approximate surface area is 140 Å². The van der Waals surface area contributed by atoms with Crippen LogP contribution in [0.3, 0.4) is 0 Å². The first-order valence-electron chi connectivity index (χ1n) is 7.73. The summed E-state index contributed by atoms with van der Waals surface area (Å²) in [5, 5.41) is 3.18. The van der Waals surface area contributed by atoms with Crippen LogP contribution in [0.15, 0.2) is 18.2 Å². The maximum atomic E-state index is 12.7. The molecule has 23 heavy (non-hydrogen) atoms. The zero-order valence-corrected chi connectivity index (χ0v) is 13.9. The molecule has 0 aromatic heterocycles. The number of halogens is 1. The lowest BCUT2D eigenvalue weighted by Gasteiger charge is -2.26. The van der Waals surface area contributed by atoms with Crippen molar-refractivity contribution in [2.75, 3.05) is 26.2 Å². The maximum absolute atomic E-state index is 12.7. The van der Waals surface area contributed by atoms with Gasteiger partial charge in [0.1, 0.15) is 5.75 Å². The number of hydrogen-bond acceptors (Lipinski definition) is 4. The zero-order chi connectivity index (χ0) is 16.8. The summed E-state index contributed by atoms with van der Waals surface area (Å²) in [5.74, 6) is 0.371. The van der Waals surface area contributed by atoms with E-state index in [4.69, 9.17) is 22.1 Å². The third-order valence-corrected chi connectivity index (χ3v) is 4.05. The molecule has 6 nitrogen and oxygen atoms in total. The van der Waals surface area contributed by atoms with Crippen LogP contribution in [0.25, 0.3) is 0 Å². The van der Waals surface area contributed by atoms with Gasteiger partial charge in [0.2, 0.25) is 5.91 Å². The summed E-state index contributed by atoms with van der Waals surface area (Å²) in [4.78, 5) is 25.8. The highest BCUT2D eigenvalue weighted by Crippen LogP contribution is 2.26. The first-order chi connectivity index (χ1) is 11.0. The number of carbonyl (C=O) groups excluding carboxylic acids is 2. The van der Waals surface area contributed by atoms with Crippen molar-refractivity contribution < 1.29 is 14.3 Å². The maximum Gasteiger partial charge on any atom is 0.254 e. The van der Waals surface area contributed by atoms with Crippen LogP contribution in [-0.4, -0.2) is 49.0 Å². The summed E-state index contributed by atoms with van der Waals surface area (Å²) in [7, 11) is 0. The Morgan fingerprint density at radius 3 is 3.00 bits per heavy atom. The first-order valence-corrected chi connectivity index (χ1v) is 8.11. The van der Waals surface area contributed by atoms with Gasteiger partial charge in [-0.25, -0.2) is 0 Å². The van der Waals surface area contributed by atoms with Crippen LogP contribution in [-0.2, 0) is 4.79 Å². The molecular formula is C16H22ClN3O3. The van der Waals surface area contributed by atoms with Crippen molar-refractivity contribution in [2.45, 2.75) is 25.8 Å². The van der Waals surface area contributed by atoms with Crippen molar-refractivity contribution >= 4 is 23.4 Å². The molecule has 1 heterocycles. The Hall–Kier alpha value is -1.79. The monoisotopic (exact) mass is 339 g/mol. The van der Waals surface area contributed by atoms with Gasteiger partial charge in [0.25, 0.3) is 5.91 Å². The number of carbonyl (C=O) groups is 2. The van der Waals surface area contributed by atoms with E-state index in [-0.39, 0.29) is 17.9 Å². The van der Waals surface area contributed by atoms with Crippen molar-refractivity contribution in [3.8, 4) is 5.75 Å². The van der Waals surface area contributed by atoms with Crippen LogP contribution in [0.1, 0.15) is 30.1 Å². The minimum Gasteiger partial charge on any atom is -0.492 e. The molecule has 2 amide bonds. The van der Waals surface area contributed by atoms with Crippen LogP contribution in [0.4, 0.5) is 0 Å². The summed E-state index contributed by atoms with van der Waals surface area (Å²) < 4.78 is 5.52. The summed E-state index contributed by atoms with van der Waals surface area (Å²) in [5.41, 5.74) is 5.91. The van der Waals surface area contributed by atoms with E-state index in [9.17, 15) is 9.59 Å². The van der Waals surface area contributed by atoms with Crippen LogP contribution >= 0.6 is 11.6 Å². The Morgan fingerprint density at radius 1 is 1.52 bits per heavy atom. The van der Waals surface area contributed by atoms with Crippen LogP contribution in [0.5, 0.6) is 5.75 Å². The number of nitrogens with zero attached hydrogens (tertiary/aromatic N) is 1. The first kappa shape index (κ1) is 17.6. The third kappa shape index (κ3) is 4.59. The number of benzene rings is 1. The van der Waals surface area contributed by atoms with Gasteiger partial charge in [-0.15, -0.1) is 0 Å². The predicted octanol–water partition coefficient (Wildman–Crippen LogP) is 1.42. The van der Waals surface area contributed by atoms with Gasteiger partial charge in [-0.2, -0.15) is 0 Å². The van der Waals surface area contributed by atoms with E-state index in [0.717, 1.165) is 6.42 Å². The molecular weight excluding hydrogens is 318 g/mol. The van der Waals surface area contributed by atoms with E-state index >= 15 is 0 Å². The number of nitrogens with one attached hydrogen (secondary N) is 1. The van der Waals surface area contributed by atoms with Gasteiger partial charge in [-0.05, 0) is 38.1 Å². The molecule has 1 atom stereocenters. The van der Waals surface area contributed by atoms with Gasteiger partial charge in [0.15, 0.2) is 0 Å². The molecule has 2 rings (SSSR count). The molecule has 0 aliphatic carbocycles. The number of ether oxygens (including phenoxy) is 1. The molecule has 0 radical (unpaired) electrons. The molecule has 1 aliphatic heterocycles. The SMILES string of the molecule is C[C@@H]1CNC(=O)CCN1C(=O)c1ccc(OCCCN)c(Cl)c1. The average Bonchev–Trinajstić information content (AvgIpc) is 2.70. The molecule has 7 heteroatoms. The van der Waals surface area contributed by atoms with E-state index < -0.39 is 0 Å². The van der Waals surface area contributed by atoms with Crippen molar-refractivity contribution in [2.24, 2.45) is 5.73 Å². The second-order valence-electron chi connectivity index (χ2n) is 5.54. The molecule has 0 saturated carbocycles. The smallest absolute Gasteiger partial charge is 0.254 e. The van der Waals surface area contributed by atoms with Crippen LogP contribution in [0.2, 0.25) is 5.02 Å². The highest BCUT2D eigenvalue weighted by atomic mass is 35.5.